The standard InChI is InChI=1S/C10H13FO3/c1-10(2,13)6-4-9(14-3)7(11)5-8(6)12/h4-5,12-13H,1-3H3. The van der Waals surface area contributed by atoms with Crippen molar-refractivity contribution < 1.29 is 19.3 Å². The molecule has 0 atom stereocenters. The number of halogens is 1. The summed E-state index contributed by atoms with van der Waals surface area (Å²) >= 11 is 0. The first-order valence-corrected chi connectivity index (χ1v) is 4.15. The average molecular weight is 200 g/mol. The van der Waals surface area contributed by atoms with E-state index in [1.165, 1.54) is 27.0 Å². The van der Waals surface area contributed by atoms with E-state index >= 15 is 0 Å². The largest absolute Gasteiger partial charge is 0.507 e. The molecule has 0 aromatic heterocycles. The van der Waals surface area contributed by atoms with Gasteiger partial charge in [0.25, 0.3) is 0 Å². The Labute approximate surface area is 81.8 Å². The summed E-state index contributed by atoms with van der Waals surface area (Å²) in [4.78, 5) is 0. The number of ether oxygens (including phenoxy) is 1. The molecule has 0 amide bonds. The molecule has 2 N–H and O–H groups in total. The molecular formula is C10H13FO3. The van der Waals surface area contributed by atoms with Crippen LogP contribution in [0.25, 0.3) is 0 Å². The second kappa shape index (κ2) is 3.46. The van der Waals surface area contributed by atoms with Crippen molar-refractivity contribution in [1.82, 2.24) is 0 Å². The van der Waals surface area contributed by atoms with E-state index in [1.807, 2.05) is 0 Å². The van der Waals surface area contributed by atoms with Crippen molar-refractivity contribution in [3.05, 3.63) is 23.5 Å². The Morgan fingerprint density at radius 2 is 1.93 bits per heavy atom. The van der Waals surface area contributed by atoms with Crippen LogP contribution >= 0.6 is 0 Å². The molecule has 0 saturated carbocycles. The molecule has 0 bridgehead atoms. The smallest absolute Gasteiger partial charge is 0.168 e. The zero-order valence-corrected chi connectivity index (χ0v) is 8.34. The number of hydrogen-bond donors (Lipinski definition) is 2. The maximum atomic E-state index is 13.1. The molecule has 0 radical (unpaired) electrons. The molecule has 0 aliphatic rings. The number of hydrogen-bond acceptors (Lipinski definition) is 3. The van der Waals surface area contributed by atoms with Crippen LogP contribution in [0.3, 0.4) is 0 Å². The van der Waals surface area contributed by atoms with Crippen LogP contribution in [0.5, 0.6) is 11.5 Å². The molecule has 4 heteroatoms. The third-order valence-electron chi connectivity index (χ3n) is 1.93. The van der Waals surface area contributed by atoms with E-state index in [9.17, 15) is 14.6 Å². The first kappa shape index (κ1) is 10.8. The third-order valence-corrected chi connectivity index (χ3v) is 1.93. The fraction of sp³-hybridized carbons (Fsp3) is 0.400. The van der Waals surface area contributed by atoms with Gasteiger partial charge in [0, 0.05) is 11.6 Å². The van der Waals surface area contributed by atoms with E-state index in [2.05, 4.69) is 0 Å². The minimum atomic E-state index is -1.23. The fourth-order valence-electron chi connectivity index (χ4n) is 1.19. The number of aliphatic hydroxyl groups is 1. The van der Waals surface area contributed by atoms with Crippen molar-refractivity contribution in [2.24, 2.45) is 0 Å². The Hall–Kier alpha value is -1.29. The van der Waals surface area contributed by atoms with Crippen molar-refractivity contribution in [2.75, 3.05) is 7.11 Å². The van der Waals surface area contributed by atoms with Gasteiger partial charge in [-0.05, 0) is 19.9 Å². The molecule has 0 aliphatic heterocycles. The highest BCUT2D eigenvalue weighted by molar-refractivity contribution is 5.43. The first-order valence-electron chi connectivity index (χ1n) is 4.15. The molecule has 0 unspecified atom stereocenters. The maximum Gasteiger partial charge on any atom is 0.168 e. The van der Waals surface area contributed by atoms with Crippen LogP contribution < -0.4 is 4.74 Å². The van der Waals surface area contributed by atoms with Gasteiger partial charge in [-0.3, -0.25) is 0 Å². The first-order chi connectivity index (χ1) is 6.36. The highest BCUT2D eigenvalue weighted by Gasteiger charge is 2.22. The lowest BCUT2D eigenvalue weighted by molar-refractivity contribution is 0.0754. The number of rotatable bonds is 2. The highest BCUT2D eigenvalue weighted by Crippen LogP contribution is 2.33. The van der Waals surface area contributed by atoms with Crippen LogP contribution in [0, 0.1) is 5.82 Å². The molecule has 1 rings (SSSR count). The Balaban J connectivity index is 3.32. The minimum Gasteiger partial charge on any atom is -0.507 e. The van der Waals surface area contributed by atoms with Gasteiger partial charge in [-0.1, -0.05) is 0 Å². The Bertz CT molecular complexity index is 342. The zero-order chi connectivity index (χ0) is 10.9. The molecule has 0 aliphatic carbocycles. The summed E-state index contributed by atoms with van der Waals surface area (Å²) in [5.41, 5.74) is -0.999. The van der Waals surface area contributed by atoms with Gasteiger partial charge in [0.15, 0.2) is 11.6 Å². The number of methoxy groups -OCH3 is 1. The monoisotopic (exact) mass is 200 g/mol. The van der Waals surface area contributed by atoms with Crippen LogP contribution in [0.15, 0.2) is 12.1 Å². The second-order valence-corrected chi connectivity index (χ2v) is 3.56. The van der Waals surface area contributed by atoms with Crippen LogP contribution in [0.4, 0.5) is 4.39 Å². The number of benzene rings is 1. The van der Waals surface area contributed by atoms with Gasteiger partial charge < -0.3 is 14.9 Å². The number of aromatic hydroxyl groups is 1. The van der Waals surface area contributed by atoms with Crippen molar-refractivity contribution in [1.29, 1.82) is 0 Å². The topological polar surface area (TPSA) is 49.7 Å². The van der Waals surface area contributed by atoms with Gasteiger partial charge in [-0.2, -0.15) is 0 Å². The van der Waals surface area contributed by atoms with E-state index in [0.29, 0.717) is 0 Å². The normalized spacial score (nSPS) is 11.5. The summed E-state index contributed by atoms with van der Waals surface area (Å²) in [5, 5.41) is 19.0. The lowest BCUT2D eigenvalue weighted by Gasteiger charge is -2.19. The summed E-state index contributed by atoms with van der Waals surface area (Å²) in [5.74, 6) is -0.936. The number of phenolic OH excluding ortho intramolecular Hbond substituents is 1. The maximum absolute atomic E-state index is 13.1. The second-order valence-electron chi connectivity index (χ2n) is 3.56. The summed E-state index contributed by atoms with van der Waals surface area (Å²) in [6.45, 7) is 3.00. The Kier molecular flexibility index (Phi) is 2.66. The van der Waals surface area contributed by atoms with Gasteiger partial charge in [-0.15, -0.1) is 0 Å². The highest BCUT2D eigenvalue weighted by atomic mass is 19.1. The van der Waals surface area contributed by atoms with E-state index in [-0.39, 0.29) is 17.1 Å². The molecule has 3 nitrogen and oxygen atoms in total. The molecule has 0 spiro atoms. The van der Waals surface area contributed by atoms with Crippen molar-refractivity contribution in [3.8, 4) is 11.5 Å². The van der Waals surface area contributed by atoms with E-state index in [1.54, 1.807) is 0 Å². The quantitative estimate of drug-likeness (QED) is 0.764. The molecule has 1 aromatic carbocycles. The van der Waals surface area contributed by atoms with Crippen molar-refractivity contribution in [2.45, 2.75) is 19.4 Å². The summed E-state index contributed by atoms with van der Waals surface area (Å²) in [7, 11) is 1.32. The summed E-state index contributed by atoms with van der Waals surface area (Å²) in [6, 6.07) is 2.21. The van der Waals surface area contributed by atoms with Crippen molar-refractivity contribution in [3.63, 3.8) is 0 Å². The lowest BCUT2D eigenvalue weighted by atomic mass is 9.97. The SMILES string of the molecule is COc1cc(C(C)(C)O)c(O)cc1F. The van der Waals surface area contributed by atoms with E-state index in [0.717, 1.165) is 6.07 Å². The average Bonchev–Trinajstić information content (AvgIpc) is 2.02. The molecule has 0 saturated heterocycles. The molecule has 0 heterocycles. The number of phenols is 1. The zero-order valence-electron chi connectivity index (χ0n) is 8.34. The molecule has 0 fully saturated rings. The third kappa shape index (κ3) is 1.96. The van der Waals surface area contributed by atoms with Gasteiger partial charge in [-0.25, -0.2) is 4.39 Å². The van der Waals surface area contributed by atoms with Gasteiger partial charge in [0.2, 0.25) is 0 Å². The Morgan fingerprint density at radius 3 is 2.36 bits per heavy atom. The van der Waals surface area contributed by atoms with Crippen LogP contribution in [0.1, 0.15) is 19.4 Å². The van der Waals surface area contributed by atoms with E-state index in [4.69, 9.17) is 4.74 Å². The van der Waals surface area contributed by atoms with Crippen LogP contribution in [0.2, 0.25) is 0 Å². The van der Waals surface area contributed by atoms with Crippen LogP contribution in [-0.4, -0.2) is 17.3 Å². The van der Waals surface area contributed by atoms with Crippen LogP contribution in [-0.2, 0) is 5.60 Å². The summed E-state index contributed by atoms with van der Waals surface area (Å²) < 4.78 is 17.8. The minimum absolute atomic E-state index is 0.0000694. The van der Waals surface area contributed by atoms with Crippen molar-refractivity contribution >= 4 is 0 Å². The Morgan fingerprint density at radius 1 is 1.36 bits per heavy atom. The molecule has 14 heavy (non-hydrogen) atoms. The predicted molar refractivity (Wildman–Crippen MR) is 49.9 cm³/mol. The summed E-state index contributed by atoms with van der Waals surface area (Å²) in [6.07, 6.45) is 0. The lowest BCUT2D eigenvalue weighted by Crippen LogP contribution is -2.16. The van der Waals surface area contributed by atoms with Gasteiger partial charge in [0.1, 0.15) is 5.75 Å². The molecule has 78 valence electrons. The van der Waals surface area contributed by atoms with Gasteiger partial charge >= 0.3 is 0 Å². The predicted octanol–water partition coefficient (Wildman–Crippen LogP) is 1.77. The molecular weight excluding hydrogens is 187 g/mol. The van der Waals surface area contributed by atoms with Gasteiger partial charge in [0.05, 0.1) is 12.7 Å². The fourth-order valence-corrected chi connectivity index (χ4v) is 1.19. The molecule has 1 aromatic rings. The van der Waals surface area contributed by atoms with E-state index < -0.39 is 11.4 Å².